The van der Waals surface area contributed by atoms with Gasteiger partial charge in [0.25, 0.3) is 0 Å². The highest BCUT2D eigenvalue weighted by molar-refractivity contribution is 5.86. The zero-order chi connectivity index (χ0) is 18.4. The Balaban J connectivity index is 1.59. The highest BCUT2D eigenvalue weighted by Gasteiger charge is 2.08. The van der Waals surface area contributed by atoms with Crippen molar-refractivity contribution in [3.8, 4) is 23.0 Å². The van der Waals surface area contributed by atoms with Gasteiger partial charge in [-0.05, 0) is 66.2 Å². The standard InChI is InChI=1S/C21H20O5/c1-3-24-17-8-10-18(11-9-17)25-14-21(22)26-20-7-5-15-4-6-19(23-2)12-16(15)13-20/h4-13H,3,14H2,1-2H3. The van der Waals surface area contributed by atoms with Crippen LogP contribution in [0.2, 0.25) is 0 Å². The number of methoxy groups -OCH3 is 1. The number of rotatable bonds is 7. The minimum absolute atomic E-state index is 0.176. The number of ether oxygens (including phenoxy) is 4. The van der Waals surface area contributed by atoms with Crippen molar-refractivity contribution in [1.29, 1.82) is 0 Å². The van der Waals surface area contributed by atoms with E-state index in [1.54, 1.807) is 43.5 Å². The van der Waals surface area contributed by atoms with Crippen LogP contribution in [-0.4, -0.2) is 26.3 Å². The maximum atomic E-state index is 12.0. The molecule has 3 aromatic carbocycles. The maximum Gasteiger partial charge on any atom is 0.349 e. The first-order valence-electron chi connectivity index (χ1n) is 8.32. The lowest BCUT2D eigenvalue weighted by Crippen LogP contribution is -2.17. The fourth-order valence-electron chi connectivity index (χ4n) is 2.50. The Kier molecular flexibility index (Phi) is 5.59. The molecule has 0 saturated heterocycles. The van der Waals surface area contributed by atoms with Gasteiger partial charge in [-0.3, -0.25) is 0 Å². The molecule has 0 atom stereocenters. The van der Waals surface area contributed by atoms with Crippen LogP contribution in [0.5, 0.6) is 23.0 Å². The van der Waals surface area contributed by atoms with Crippen molar-refractivity contribution >= 4 is 16.7 Å². The Morgan fingerprint density at radius 3 is 2.00 bits per heavy atom. The molecule has 0 aliphatic rings. The molecule has 0 aromatic heterocycles. The monoisotopic (exact) mass is 352 g/mol. The van der Waals surface area contributed by atoms with Crippen LogP contribution in [0.25, 0.3) is 10.8 Å². The average Bonchev–Trinajstić information content (AvgIpc) is 2.67. The second-order valence-corrected chi connectivity index (χ2v) is 5.54. The normalized spacial score (nSPS) is 10.4. The van der Waals surface area contributed by atoms with Gasteiger partial charge in [-0.2, -0.15) is 0 Å². The fourth-order valence-corrected chi connectivity index (χ4v) is 2.50. The molecule has 5 nitrogen and oxygen atoms in total. The van der Waals surface area contributed by atoms with Crippen molar-refractivity contribution in [2.24, 2.45) is 0 Å². The van der Waals surface area contributed by atoms with E-state index < -0.39 is 5.97 Å². The van der Waals surface area contributed by atoms with E-state index in [1.165, 1.54) is 0 Å². The van der Waals surface area contributed by atoms with Gasteiger partial charge in [0, 0.05) is 0 Å². The van der Waals surface area contributed by atoms with Crippen molar-refractivity contribution in [2.75, 3.05) is 20.3 Å². The summed E-state index contributed by atoms with van der Waals surface area (Å²) in [5.74, 6) is 2.08. The molecule has 3 aromatic rings. The summed E-state index contributed by atoms with van der Waals surface area (Å²) in [7, 11) is 1.61. The molecule has 0 bridgehead atoms. The van der Waals surface area contributed by atoms with Crippen molar-refractivity contribution in [2.45, 2.75) is 6.92 Å². The number of fused-ring (bicyclic) bond motifs is 1. The van der Waals surface area contributed by atoms with Gasteiger partial charge < -0.3 is 18.9 Å². The summed E-state index contributed by atoms with van der Waals surface area (Å²) >= 11 is 0. The van der Waals surface area contributed by atoms with E-state index in [9.17, 15) is 4.79 Å². The molecule has 5 heteroatoms. The molecule has 0 heterocycles. The lowest BCUT2D eigenvalue weighted by molar-refractivity contribution is -0.136. The van der Waals surface area contributed by atoms with Crippen LogP contribution in [0.4, 0.5) is 0 Å². The number of benzene rings is 3. The lowest BCUT2D eigenvalue weighted by atomic mass is 10.1. The first kappa shape index (κ1) is 17.6. The first-order chi connectivity index (χ1) is 12.7. The smallest absolute Gasteiger partial charge is 0.349 e. The second kappa shape index (κ2) is 8.25. The third-order valence-electron chi connectivity index (χ3n) is 3.74. The van der Waals surface area contributed by atoms with Crippen molar-refractivity contribution in [3.63, 3.8) is 0 Å². The van der Waals surface area contributed by atoms with Gasteiger partial charge in [-0.15, -0.1) is 0 Å². The maximum absolute atomic E-state index is 12.0. The van der Waals surface area contributed by atoms with Crippen LogP contribution in [0.3, 0.4) is 0 Å². The summed E-state index contributed by atoms with van der Waals surface area (Å²) < 4.78 is 21.4. The fraction of sp³-hybridized carbons (Fsp3) is 0.190. The summed E-state index contributed by atoms with van der Waals surface area (Å²) in [4.78, 5) is 12.0. The zero-order valence-electron chi connectivity index (χ0n) is 14.7. The Bertz CT molecular complexity index is 887. The Labute approximate surface area is 152 Å². The van der Waals surface area contributed by atoms with Crippen LogP contribution in [-0.2, 0) is 4.79 Å². The molecule has 134 valence electrons. The highest BCUT2D eigenvalue weighted by atomic mass is 16.6. The Hall–Kier alpha value is -3.21. The van der Waals surface area contributed by atoms with Gasteiger partial charge in [-0.25, -0.2) is 4.79 Å². The van der Waals surface area contributed by atoms with Gasteiger partial charge >= 0.3 is 5.97 Å². The number of hydrogen-bond donors (Lipinski definition) is 0. The molecule has 0 aliphatic carbocycles. The van der Waals surface area contributed by atoms with Gasteiger partial charge in [0.2, 0.25) is 0 Å². The van der Waals surface area contributed by atoms with Gasteiger partial charge in [-0.1, -0.05) is 12.1 Å². The average molecular weight is 352 g/mol. The molecule has 26 heavy (non-hydrogen) atoms. The predicted molar refractivity (Wildman–Crippen MR) is 99.2 cm³/mol. The van der Waals surface area contributed by atoms with E-state index in [2.05, 4.69) is 0 Å². The largest absolute Gasteiger partial charge is 0.497 e. The van der Waals surface area contributed by atoms with Crippen LogP contribution in [0, 0.1) is 0 Å². The lowest BCUT2D eigenvalue weighted by Gasteiger charge is -2.09. The summed E-state index contributed by atoms with van der Waals surface area (Å²) in [5, 5.41) is 1.97. The second-order valence-electron chi connectivity index (χ2n) is 5.54. The van der Waals surface area contributed by atoms with E-state index in [0.717, 1.165) is 22.3 Å². The minimum Gasteiger partial charge on any atom is -0.497 e. The highest BCUT2D eigenvalue weighted by Crippen LogP contribution is 2.25. The van der Waals surface area contributed by atoms with Crippen molar-refractivity contribution in [3.05, 3.63) is 60.7 Å². The van der Waals surface area contributed by atoms with Crippen molar-refractivity contribution in [1.82, 2.24) is 0 Å². The predicted octanol–water partition coefficient (Wildman–Crippen LogP) is 4.23. The molecule has 0 aliphatic heterocycles. The van der Waals surface area contributed by atoms with E-state index in [-0.39, 0.29) is 6.61 Å². The molecule has 0 spiro atoms. The van der Waals surface area contributed by atoms with Crippen LogP contribution in [0.15, 0.2) is 60.7 Å². The van der Waals surface area contributed by atoms with Crippen LogP contribution in [0.1, 0.15) is 6.92 Å². The van der Waals surface area contributed by atoms with E-state index in [4.69, 9.17) is 18.9 Å². The number of hydrogen-bond acceptors (Lipinski definition) is 5. The summed E-state index contributed by atoms with van der Waals surface area (Å²) in [6, 6.07) is 18.3. The Morgan fingerprint density at radius 2 is 1.35 bits per heavy atom. The quantitative estimate of drug-likeness (QED) is 0.470. The topological polar surface area (TPSA) is 54.0 Å². The summed E-state index contributed by atoms with van der Waals surface area (Å²) in [5.41, 5.74) is 0. The minimum atomic E-state index is -0.471. The third kappa shape index (κ3) is 4.45. The molecule has 3 rings (SSSR count). The zero-order valence-corrected chi connectivity index (χ0v) is 14.7. The molecule has 0 fully saturated rings. The van der Waals surface area contributed by atoms with Gasteiger partial charge in [0.15, 0.2) is 6.61 Å². The number of carbonyl (C=O) groups excluding carboxylic acids is 1. The first-order valence-corrected chi connectivity index (χ1v) is 8.32. The molecular weight excluding hydrogens is 332 g/mol. The Morgan fingerprint density at radius 1 is 0.769 bits per heavy atom. The van der Waals surface area contributed by atoms with E-state index in [0.29, 0.717) is 18.1 Å². The SMILES string of the molecule is CCOc1ccc(OCC(=O)Oc2ccc3ccc(OC)cc3c2)cc1. The van der Waals surface area contributed by atoms with Crippen LogP contribution < -0.4 is 18.9 Å². The van der Waals surface area contributed by atoms with E-state index >= 15 is 0 Å². The van der Waals surface area contributed by atoms with Gasteiger partial charge in [0.1, 0.15) is 23.0 Å². The molecule has 0 saturated carbocycles. The van der Waals surface area contributed by atoms with E-state index in [1.807, 2.05) is 31.2 Å². The summed E-state index contributed by atoms with van der Waals surface area (Å²) in [6.45, 7) is 2.34. The molecule has 0 radical (unpaired) electrons. The molecule has 0 N–H and O–H groups in total. The molecule has 0 unspecified atom stereocenters. The van der Waals surface area contributed by atoms with Crippen LogP contribution >= 0.6 is 0 Å². The number of carbonyl (C=O) groups is 1. The third-order valence-corrected chi connectivity index (χ3v) is 3.74. The van der Waals surface area contributed by atoms with Crippen molar-refractivity contribution < 1.29 is 23.7 Å². The number of esters is 1. The summed E-state index contributed by atoms with van der Waals surface area (Å²) in [6.07, 6.45) is 0. The molecule has 0 amide bonds. The van der Waals surface area contributed by atoms with Gasteiger partial charge in [0.05, 0.1) is 13.7 Å². The molecular formula is C21H20O5.